The maximum absolute atomic E-state index is 12.9. The van der Waals surface area contributed by atoms with Gasteiger partial charge in [0.15, 0.2) is 0 Å². The van der Waals surface area contributed by atoms with Crippen molar-refractivity contribution in [2.45, 2.75) is 6.54 Å². The second kappa shape index (κ2) is 3.76. The number of nitrogen functional groups attached to an aromatic ring is 1. The van der Waals surface area contributed by atoms with Crippen LogP contribution in [0.25, 0.3) is 0 Å². The number of amides is 1. The molecule has 1 heterocycles. The standard InChI is InChI=1S/C10H11FN2O2/c11-8-2-1-7(5-9(8)12)6-13-3-4-15-10(13)14/h1-2,5H,3-4,6,12H2. The minimum Gasteiger partial charge on any atom is -0.448 e. The van der Waals surface area contributed by atoms with Crippen molar-refractivity contribution in [3.8, 4) is 0 Å². The van der Waals surface area contributed by atoms with Crippen LogP contribution in [0.4, 0.5) is 14.9 Å². The van der Waals surface area contributed by atoms with Crippen LogP contribution < -0.4 is 5.73 Å². The molecule has 0 atom stereocenters. The first-order valence-corrected chi connectivity index (χ1v) is 4.62. The summed E-state index contributed by atoms with van der Waals surface area (Å²) in [5.41, 5.74) is 6.32. The van der Waals surface area contributed by atoms with Gasteiger partial charge in [0.05, 0.1) is 12.2 Å². The summed E-state index contributed by atoms with van der Waals surface area (Å²) in [5, 5.41) is 0. The molecule has 0 radical (unpaired) electrons. The van der Waals surface area contributed by atoms with E-state index in [1.54, 1.807) is 11.0 Å². The van der Waals surface area contributed by atoms with Crippen LogP contribution in [-0.4, -0.2) is 24.1 Å². The number of nitrogens with zero attached hydrogens (tertiary/aromatic N) is 1. The number of hydrogen-bond acceptors (Lipinski definition) is 3. The van der Waals surface area contributed by atoms with E-state index in [-0.39, 0.29) is 11.8 Å². The van der Waals surface area contributed by atoms with Crippen molar-refractivity contribution in [1.29, 1.82) is 0 Å². The van der Waals surface area contributed by atoms with E-state index in [0.717, 1.165) is 5.56 Å². The number of carbonyl (C=O) groups is 1. The molecule has 1 amide bonds. The third kappa shape index (κ3) is 2.01. The minimum absolute atomic E-state index is 0.0973. The van der Waals surface area contributed by atoms with E-state index >= 15 is 0 Å². The monoisotopic (exact) mass is 210 g/mol. The van der Waals surface area contributed by atoms with E-state index in [2.05, 4.69) is 0 Å². The molecule has 0 saturated carbocycles. The van der Waals surface area contributed by atoms with Gasteiger partial charge >= 0.3 is 6.09 Å². The number of anilines is 1. The van der Waals surface area contributed by atoms with Crippen LogP contribution in [0.5, 0.6) is 0 Å². The smallest absolute Gasteiger partial charge is 0.410 e. The fourth-order valence-corrected chi connectivity index (χ4v) is 1.48. The Morgan fingerprint density at radius 3 is 2.93 bits per heavy atom. The zero-order valence-corrected chi connectivity index (χ0v) is 8.07. The number of ether oxygens (including phenoxy) is 1. The Bertz CT molecular complexity index is 395. The molecule has 15 heavy (non-hydrogen) atoms. The number of halogens is 1. The molecule has 0 unspecified atom stereocenters. The van der Waals surface area contributed by atoms with Crippen LogP contribution in [-0.2, 0) is 11.3 Å². The van der Waals surface area contributed by atoms with Gasteiger partial charge < -0.3 is 15.4 Å². The molecular weight excluding hydrogens is 199 g/mol. The molecule has 0 aliphatic carbocycles. The van der Waals surface area contributed by atoms with Crippen molar-refractivity contribution in [1.82, 2.24) is 4.90 Å². The first kappa shape index (κ1) is 9.76. The number of carbonyl (C=O) groups excluding carboxylic acids is 1. The molecule has 5 heteroatoms. The second-order valence-electron chi connectivity index (χ2n) is 3.39. The topological polar surface area (TPSA) is 55.6 Å². The molecule has 1 aliphatic rings. The highest BCUT2D eigenvalue weighted by atomic mass is 19.1. The van der Waals surface area contributed by atoms with Crippen molar-refractivity contribution < 1.29 is 13.9 Å². The fraction of sp³-hybridized carbons (Fsp3) is 0.300. The number of nitrogens with two attached hydrogens (primary N) is 1. The Hall–Kier alpha value is -1.78. The number of cyclic esters (lactones) is 1. The molecule has 4 nitrogen and oxygen atoms in total. The molecule has 1 saturated heterocycles. The van der Waals surface area contributed by atoms with Crippen molar-refractivity contribution in [2.24, 2.45) is 0 Å². The number of benzene rings is 1. The van der Waals surface area contributed by atoms with Crippen LogP contribution in [0.3, 0.4) is 0 Å². The van der Waals surface area contributed by atoms with E-state index in [4.69, 9.17) is 10.5 Å². The largest absolute Gasteiger partial charge is 0.448 e. The van der Waals surface area contributed by atoms with Crippen molar-refractivity contribution >= 4 is 11.8 Å². The second-order valence-corrected chi connectivity index (χ2v) is 3.39. The molecule has 1 aromatic rings. The summed E-state index contributed by atoms with van der Waals surface area (Å²) in [6.45, 7) is 1.38. The van der Waals surface area contributed by atoms with E-state index in [0.29, 0.717) is 19.7 Å². The molecule has 1 aromatic carbocycles. The summed E-state index contributed by atoms with van der Waals surface area (Å²) in [4.78, 5) is 12.7. The minimum atomic E-state index is -0.442. The molecule has 1 aliphatic heterocycles. The van der Waals surface area contributed by atoms with Crippen LogP contribution >= 0.6 is 0 Å². The Labute approximate surface area is 86.4 Å². The van der Waals surface area contributed by atoms with Crippen molar-refractivity contribution in [2.75, 3.05) is 18.9 Å². The molecule has 0 bridgehead atoms. The van der Waals surface area contributed by atoms with E-state index in [9.17, 15) is 9.18 Å². The van der Waals surface area contributed by atoms with E-state index < -0.39 is 5.82 Å². The van der Waals surface area contributed by atoms with Gasteiger partial charge in [-0.15, -0.1) is 0 Å². The first-order valence-electron chi connectivity index (χ1n) is 4.62. The lowest BCUT2D eigenvalue weighted by molar-refractivity contribution is 0.157. The van der Waals surface area contributed by atoms with Gasteiger partial charge in [0.25, 0.3) is 0 Å². The summed E-state index contributed by atoms with van der Waals surface area (Å²) in [7, 11) is 0. The van der Waals surface area contributed by atoms with Gasteiger partial charge in [-0.05, 0) is 17.7 Å². The normalized spacial score (nSPS) is 15.5. The van der Waals surface area contributed by atoms with Gasteiger partial charge in [0.1, 0.15) is 12.4 Å². The van der Waals surface area contributed by atoms with Crippen LogP contribution in [0.2, 0.25) is 0 Å². The molecule has 2 N–H and O–H groups in total. The molecular formula is C10H11FN2O2. The highest BCUT2D eigenvalue weighted by molar-refractivity contribution is 5.69. The van der Waals surface area contributed by atoms with Crippen LogP contribution in [0.15, 0.2) is 18.2 Å². The number of rotatable bonds is 2. The Morgan fingerprint density at radius 2 is 2.33 bits per heavy atom. The third-order valence-electron chi connectivity index (χ3n) is 2.28. The zero-order valence-electron chi connectivity index (χ0n) is 8.07. The SMILES string of the molecule is Nc1cc(CN2CCOC2=O)ccc1F. The summed E-state index contributed by atoms with van der Waals surface area (Å²) < 4.78 is 17.6. The third-order valence-corrected chi connectivity index (χ3v) is 2.28. The van der Waals surface area contributed by atoms with Crippen LogP contribution in [0.1, 0.15) is 5.56 Å². The Kier molecular flexibility index (Phi) is 2.45. The summed E-state index contributed by atoms with van der Waals surface area (Å²) in [6.07, 6.45) is -0.335. The van der Waals surface area contributed by atoms with E-state index in [1.807, 2.05) is 0 Å². The lowest BCUT2D eigenvalue weighted by Crippen LogP contribution is -2.23. The summed E-state index contributed by atoms with van der Waals surface area (Å²) in [6, 6.07) is 4.43. The van der Waals surface area contributed by atoms with Gasteiger partial charge in [-0.2, -0.15) is 0 Å². The number of hydrogen-bond donors (Lipinski definition) is 1. The molecule has 2 rings (SSSR count). The Morgan fingerprint density at radius 1 is 1.53 bits per heavy atom. The predicted molar refractivity (Wildman–Crippen MR) is 52.6 cm³/mol. The first-order chi connectivity index (χ1) is 7.16. The van der Waals surface area contributed by atoms with Gasteiger partial charge in [-0.25, -0.2) is 9.18 Å². The molecule has 80 valence electrons. The summed E-state index contributed by atoms with van der Waals surface area (Å²) in [5.74, 6) is -0.442. The highest BCUT2D eigenvalue weighted by Gasteiger charge is 2.21. The predicted octanol–water partition coefficient (Wildman–Crippen LogP) is 1.36. The van der Waals surface area contributed by atoms with E-state index in [1.165, 1.54) is 12.1 Å². The maximum atomic E-state index is 12.9. The average Bonchev–Trinajstić information content (AvgIpc) is 2.59. The molecule has 0 spiro atoms. The zero-order chi connectivity index (χ0) is 10.8. The van der Waals surface area contributed by atoms with Gasteiger partial charge in [-0.1, -0.05) is 6.07 Å². The molecule has 0 aromatic heterocycles. The lowest BCUT2D eigenvalue weighted by Gasteiger charge is -2.12. The van der Waals surface area contributed by atoms with Gasteiger partial charge in [0, 0.05) is 6.54 Å². The fourth-order valence-electron chi connectivity index (χ4n) is 1.48. The van der Waals surface area contributed by atoms with Crippen molar-refractivity contribution in [3.05, 3.63) is 29.6 Å². The van der Waals surface area contributed by atoms with Gasteiger partial charge in [0.2, 0.25) is 0 Å². The van der Waals surface area contributed by atoms with Gasteiger partial charge in [-0.3, -0.25) is 0 Å². The maximum Gasteiger partial charge on any atom is 0.410 e. The summed E-state index contributed by atoms with van der Waals surface area (Å²) >= 11 is 0. The average molecular weight is 210 g/mol. The van der Waals surface area contributed by atoms with Crippen molar-refractivity contribution in [3.63, 3.8) is 0 Å². The quantitative estimate of drug-likeness (QED) is 0.750. The Balaban J connectivity index is 2.10. The lowest BCUT2D eigenvalue weighted by atomic mass is 10.2. The highest BCUT2D eigenvalue weighted by Crippen LogP contribution is 2.15. The van der Waals surface area contributed by atoms with Crippen LogP contribution in [0, 0.1) is 5.82 Å². The molecule has 1 fully saturated rings.